The van der Waals surface area contributed by atoms with Crippen molar-refractivity contribution in [2.75, 3.05) is 19.6 Å². The van der Waals surface area contributed by atoms with E-state index in [0.29, 0.717) is 26.2 Å². The summed E-state index contributed by atoms with van der Waals surface area (Å²) in [5.74, 6) is -0.726. The maximum Gasteiger partial charge on any atom is 0.312 e. The maximum atomic E-state index is 12.7. The molecule has 2 unspecified atom stereocenters. The highest BCUT2D eigenvalue weighted by Crippen LogP contribution is 2.30. The molecule has 23 heavy (non-hydrogen) atoms. The average Bonchev–Trinajstić information content (AvgIpc) is 3.27. The fourth-order valence-corrected chi connectivity index (χ4v) is 4.13. The predicted molar refractivity (Wildman–Crippen MR) is 83.4 cm³/mol. The number of likely N-dealkylation sites (tertiary alicyclic amines) is 1. The highest BCUT2D eigenvalue weighted by atomic mass is 16.2. The van der Waals surface area contributed by atoms with E-state index in [2.05, 4.69) is 10.4 Å². The molecule has 7 heteroatoms. The Hall–Kier alpha value is -1.89. The van der Waals surface area contributed by atoms with Gasteiger partial charge in [0.15, 0.2) is 0 Å². The lowest BCUT2D eigenvalue weighted by atomic mass is 9.97. The summed E-state index contributed by atoms with van der Waals surface area (Å²) in [4.78, 5) is 28.8. The molecule has 1 aromatic rings. The van der Waals surface area contributed by atoms with Crippen LogP contribution in [-0.4, -0.2) is 62.6 Å². The van der Waals surface area contributed by atoms with E-state index >= 15 is 0 Å². The van der Waals surface area contributed by atoms with Crippen LogP contribution in [0.15, 0.2) is 12.3 Å². The number of nitrogens with one attached hydrogen (secondary N) is 1. The number of hydrogen-bond donors (Lipinski definition) is 1. The minimum atomic E-state index is -0.375. The molecule has 124 valence electrons. The molecule has 2 saturated heterocycles. The second kappa shape index (κ2) is 5.33. The third-order valence-electron chi connectivity index (χ3n) is 5.52. The highest BCUT2D eigenvalue weighted by Gasteiger charge is 2.44. The van der Waals surface area contributed by atoms with Crippen molar-refractivity contribution in [1.82, 2.24) is 24.9 Å². The van der Waals surface area contributed by atoms with Gasteiger partial charge in [0.05, 0.1) is 18.8 Å². The van der Waals surface area contributed by atoms with Crippen LogP contribution in [0.2, 0.25) is 0 Å². The van der Waals surface area contributed by atoms with Gasteiger partial charge in [-0.1, -0.05) is 0 Å². The first-order valence-electron chi connectivity index (χ1n) is 8.44. The van der Waals surface area contributed by atoms with E-state index in [1.165, 1.54) is 0 Å². The Balaban J connectivity index is 1.46. The van der Waals surface area contributed by atoms with Crippen molar-refractivity contribution >= 4 is 11.8 Å². The van der Waals surface area contributed by atoms with Gasteiger partial charge < -0.3 is 15.1 Å². The average molecular weight is 317 g/mol. The topological polar surface area (TPSA) is 70.5 Å². The van der Waals surface area contributed by atoms with Crippen LogP contribution in [0.1, 0.15) is 31.9 Å². The molecule has 0 radical (unpaired) electrons. The molecule has 4 heterocycles. The maximum absolute atomic E-state index is 12.7. The lowest BCUT2D eigenvalue weighted by molar-refractivity contribution is -0.153. The van der Waals surface area contributed by atoms with E-state index in [4.69, 9.17) is 0 Å². The van der Waals surface area contributed by atoms with Crippen LogP contribution in [0.4, 0.5) is 0 Å². The molecule has 0 bridgehead atoms. The fraction of sp³-hybridized carbons (Fsp3) is 0.688. The zero-order chi connectivity index (χ0) is 16.0. The Kier molecular flexibility index (Phi) is 3.41. The number of hydrogen-bond acceptors (Lipinski definition) is 4. The Morgan fingerprint density at radius 2 is 2.22 bits per heavy atom. The lowest BCUT2D eigenvalue weighted by Crippen LogP contribution is -2.52. The van der Waals surface area contributed by atoms with E-state index in [0.717, 1.165) is 31.5 Å². The summed E-state index contributed by atoms with van der Waals surface area (Å²) in [6.07, 6.45) is 4.95. The second-order valence-corrected chi connectivity index (χ2v) is 7.07. The largest absolute Gasteiger partial charge is 0.333 e. The van der Waals surface area contributed by atoms with Gasteiger partial charge in [0.25, 0.3) is 0 Å². The van der Waals surface area contributed by atoms with E-state index in [9.17, 15) is 9.59 Å². The van der Waals surface area contributed by atoms with Crippen molar-refractivity contribution in [2.24, 2.45) is 0 Å². The van der Waals surface area contributed by atoms with Crippen molar-refractivity contribution in [1.29, 1.82) is 0 Å². The zero-order valence-corrected chi connectivity index (χ0v) is 13.5. The highest BCUT2D eigenvalue weighted by molar-refractivity contribution is 6.35. The van der Waals surface area contributed by atoms with E-state index < -0.39 is 0 Å². The molecule has 7 nitrogen and oxygen atoms in total. The number of rotatable bonds is 0. The summed E-state index contributed by atoms with van der Waals surface area (Å²) in [5.41, 5.74) is 1.04. The molecule has 2 fully saturated rings. The summed E-state index contributed by atoms with van der Waals surface area (Å²) in [6.45, 7) is 5.44. The molecule has 0 aromatic carbocycles. The second-order valence-electron chi connectivity index (χ2n) is 7.07. The standard InChI is InChI=1S/C16H23N5O2/c1-12-9-21-13(3-7-18-21)10-20(12)15(23)14(22)19-8-5-16(11-19)4-2-6-17-16/h3,7,12,17H,2,4-6,8-11H2,1H3. The van der Waals surface area contributed by atoms with Gasteiger partial charge in [-0.3, -0.25) is 14.3 Å². The Labute approximate surface area is 135 Å². The Morgan fingerprint density at radius 3 is 3.00 bits per heavy atom. The van der Waals surface area contributed by atoms with Gasteiger partial charge in [-0.25, -0.2) is 0 Å². The number of carbonyl (C=O) groups is 2. The van der Waals surface area contributed by atoms with E-state index in [-0.39, 0.29) is 23.4 Å². The first-order chi connectivity index (χ1) is 11.1. The Morgan fingerprint density at radius 1 is 1.35 bits per heavy atom. The quantitative estimate of drug-likeness (QED) is 0.682. The first-order valence-corrected chi connectivity index (χ1v) is 8.44. The molecule has 0 aliphatic carbocycles. The summed E-state index contributed by atoms with van der Waals surface area (Å²) in [6, 6.07) is 1.89. The molecule has 0 saturated carbocycles. The van der Waals surface area contributed by atoms with Crippen molar-refractivity contribution in [3.05, 3.63) is 18.0 Å². The fourth-order valence-electron chi connectivity index (χ4n) is 4.13. The van der Waals surface area contributed by atoms with Gasteiger partial charge in [0, 0.05) is 30.9 Å². The summed E-state index contributed by atoms with van der Waals surface area (Å²) >= 11 is 0. The van der Waals surface area contributed by atoms with Gasteiger partial charge in [0.1, 0.15) is 0 Å². The minimum absolute atomic E-state index is 0.0139. The molecular formula is C16H23N5O2. The number of carbonyl (C=O) groups excluding carboxylic acids is 2. The summed E-state index contributed by atoms with van der Waals surface area (Å²) in [7, 11) is 0. The zero-order valence-electron chi connectivity index (χ0n) is 13.5. The summed E-state index contributed by atoms with van der Waals surface area (Å²) < 4.78 is 1.91. The van der Waals surface area contributed by atoms with Gasteiger partial charge in [0.2, 0.25) is 0 Å². The molecule has 3 aliphatic heterocycles. The SMILES string of the molecule is CC1Cn2nccc2CN1C(=O)C(=O)N1CCC2(CCCN2)C1. The van der Waals surface area contributed by atoms with Crippen molar-refractivity contribution in [2.45, 2.75) is 50.9 Å². The molecule has 2 atom stereocenters. The monoisotopic (exact) mass is 317 g/mol. The van der Waals surface area contributed by atoms with Gasteiger partial charge in [-0.2, -0.15) is 5.10 Å². The van der Waals surface area contributed by atoms with Crippen LogP contribution in [0.25, 0.3) is 0 Å². The van der Waals surface area contributed by atoms with Crippen molar-refractivity contribution < 1.29 is 9.59 Å². The normalized spacial score (nSPS) is 30.0. The van der Waals surface area contributed by atoms with E-state index in [1.54, 1.807) is 16.0 Å². The van der Waals surface area contributed by atoms with Gasteiger partial charge in [-0.15, -0.1) is 0 Å². The molecule has 2 amide bonds. The molecule has 1 aromatic heterocycles. The number of fused-ring (bicyclic) bond motifs is 1. The molecular weight excluding hydrogens is 294 g/mol. The molecule has 3 aliphatic rings. The smallest absolute Gasteiger partial charge is 0.312 e. The molecule has 4 rings (SSSR count). The van der Waals surface area contributed by atoms with Gasteiger partial charge in [-0.05, 0) is 38.8 Å². The lowest BCUT2D eigenvalue weighted by Gasteiger charge is -2.34. The van der Waals surface area contributed by atoms with Crippen LogP contribution in [-0.2, 0) is 22.7 Å². The third-order valence-corrected chi connectivity index (χ3v) is 5.52. The van der Waals surface area contributed by atoms with Crippen LogP contribution < -0.4 is 5.32 Å². The predicted octanol–water partition coefficient (Wildman–Crippen LogP) is -0.0317. The van der Waals surface area contributed by atoms with Crippen LogP contribution >= 0.6 is 0 Å². The summed E-state index contributed by atoms with van der Waals surface area (Å²) in [5, 5.41) is 7.77. The molecule has 1 N–H and O–H groups in total. The first kappa shape index (κ1) is 14.7. The van der Waals surface area contributed by atoms with Crippen LogP contribution in [0.3, 0.4) is 0 Å². The van der Waals surface area contributed by atoms with E-state index in [1.807, 2.05) is 17.7 Å². The van der Waals surface area contributed by atoms with Crippen molar-refractivity contribution in [3.63, 3.8) is 0 Å². The Bertz CT molecular complexity index is 634. The van der Waals surface area contributed by atoms with Crippen molar-refractivity contribution in [3.8, 4) is 0 Å². The third kappa shape index (κ3) is 2.43. The molecule has 1 spiro atoms. The number of aromatic nitrogens is 2. The van der Waals surface area contributed by atoms with Crippen LogP contribution in [0.5, 0.6) is 0 Å². The number of nitrogens with zero attached hydrogens (tertiary/aromatic N) is 4. The minimum Gasteiger partial charge on any atom is -0.333 e. The number of amides is 2. The van der Waals surface area contributed by atoms with Gasteiger partial charge >= 0.3 is 11.8 Å². The van der Waals surface area contributed by atoms with Crippen LogP contribution in [0, 0.1) is 0 Å².